The predicted octanol–water partition coefficient (Wildman–Crippen LogP) is 2.82. The van der Waals surface area contributed by atoms with Crippen LogP contribution in [-0.2, 0) is 4.79 Å². The van der Waals surface area contributed by atoms with Crippen molar-refractivity contribution in [3.05, 3.63) is 28.2 Å². The molecule has 0 aliphatic heterocycles. The molecule has 1 unspecified atom stereocenters. The average molecular weight is 285 g/mol. The van der Waals surface area contributed by atoms with Crippen molar-refractivity contribution in [3.8, 4) is 0 Å². The van der Waals surface area contributed by atoms with Gasteiger partial charge in [0, 0.05) is 10.2 Å². The Labute approximate surface area is 105 Å². The van der Waals surface area contributed by atoms with Crippen LogP contribution in [0.1, 0.15) is 25.3 Å². The second-order valence-electron chi connectivity index (χ2n) is 3.85. The van der Waals surface area contributed by atoms with Gasteiger partial charge >= 0.3 is 0 Å². The van der Waals surface area contributed by atoms with E-state index in [1.807, 2.05) is 32.0 Å². The summed E-state index contributed by atoms with van der Waals surface area (Å²) in [4.78, 5) is 11.7. The lowest BCUT2D eigenvalue weighted by molar-refractivity contribution is -0.117. The molecular formula is C12H17BrN2O. The van der Waals surface area contributed by atoms with E-state index < -0.39 is 6.04 Å². The summed E-state index contributed by atoms with van der Waals surface area (Å²) in [5.41, 5.74) is 7.60. The number of nitrogens with two attached hydrogens (primary N) is 1. The van der Waals surface area contributed by atoms with Gasteiger partial charge in [0.25, 0.3) is 0 Å². The fourth-order valence-electron chi connectivity index (χ4n) is 1.40. The first kappa shape index (κ1) is 13.2. The number of aryl methyl sites for hydroxylation is 1. The molecule has 1 atom stereocenters. The van der Waals surface area contributed by atoms with E-state index >= 15 is 0 Å². The molecular weight excluding hydrogens is 268 g/mol. The topological polar surface area (TPSA) is 55.1 Å². The summed E-state index contributed by atoms with van der Waals surface area (Å²) in [6.07, 6.45) is 1.62. The van der Waals surface area contributed by atoms with Gasteiger partial charge in [0.15, 0.2) is 0 Å². The fraction of sp³-hybridized carbons (Fsp3) is 0.417. The third-order valence-electron chi connectivity index (χ3n) is 2.36. The number of benzene rings is 1. The number of carbonyl (C=O) groups is 1. The zero-order valence-corrected chi connectivity index (χ0v) is 11.2. The fourth-order valence-corrected chi connectivity index (χ4v) is 1.65. The highest BCUT2D eigenvalue weighted by Gasteiger charge is 2.12. The maximum atomic E-state index is 11.7. The number of amides is 1. The average Bonchev–Trinajstić information content (AvgIpc) is 2.24. The van der Waals surface area contributed by atoms with E-state index in [4.69, 9.17) is 5.73 Å². The highest BCUT2D eigenvalue weighted by Crippen LogP contribution is 2.20. The zero-order valence-electron chi connectivity index (χ0n) is 9.59. The molecule has 0 aromatic heterocycles. The third kappa shape index (κ3) is 3.61. The summed E-state index contributed by atoms with van der Waals surface area (Å²) in [5.74, 6) is -0.122. The molecule has 0 fully saturated rings. The monoisotopic (exact) mass is 284 g/mol. The first-order valence-electron chi connectivity index (χ1n) is 5.37. The standard InChI is InChI=1S/C12H17BrN2O/c1-3-4-11(14)12(16)15-9-5-6-10(13)8(2)7-9/h5-7,11H,3-4,14H2,1-2H3,(H,15,16). The predicted molar refractivity (Wildman–Crippen MR) is 70.4 cm³/mol. The van der Waals surface area contributed by atoms with Crippen LogP contribution in [-0.4, -0.2) is 11.9 Å². The van der Waals surface area contributed by atoms with Crippen LogP contribution < -0.4 is 11.1 Å². The van der Waals surface area contributed by atoms with E-state index in [9.17, 15) is 4.79 Å². The van der Waals surface area contributed by atoms with E-state index in [2.05, 4.69) is 21.2 Å². The Morgan fingerprint density at radius 3 is 2.81 bits per heavy atom. The van der Waals surface area contributed by atoms with Gasteiger partial charge in [0.1, 0.15) is 0 Å². The number of carbonyl (C=O) groups excluding carboxylic acids is 1. The van der Waals surface area contributed by atoms with Crippen LogP contribution >= 0.6 is 15.9 Å². The molecule has 16 heavy (non-hydrogen) atoms. The number of rotatable bonds is 4. The highest BCUT2D eigenvalue weighted by atomic mass is 79.9. The van der Waals surface area contributed by atoms with Gasteiger partial charge in [-0.2, -0.15) is 0 Å². The van der Waals surface area contributed by atoms with E-state index in [-0.39, 0.29) is 5.91 Å². The molecule has 1 amide bonds. The molecule has 3 N–H and O–H groups in total. The van der Waals surface area contributed by atoms with E-state index in [0.717, 1.165) is 22.1 Å². The van der Waals surface area contributed by atoms with Gasteiger partial charge in [0.05, 0.1) is 6.04 Å². The van der Waals surface area contributed by atoms with Crippen LogP contribution in [0.4, 0.5) is 5.69 Å². The Hall–Kier alpha value is -0.870. The lowest BCUT2D eigenvalue weighted by Crippen LogP contribution is -2.35. The molecule has 88 valence electrons. The van der Waals surface area contributed by atoms with Gasteiger partial charge < -0.3 is 11.1 Å². The van der Waals surface area contributed by atoms with Crippen molar-refractivity contribution >= 4 is 27.5 Å². The molecule has 0 radical (unpaired) electrons. The number of anilines is 1. The second-order valence-corrected chi connectivity index (χ2v) is 4.70. The molecule has 0 heterocycles. The maximum absolute atomic E-state index is 11.7. The van der Waals surface area contributed by atoms with E-state index in [1.54, 1.807) is 0 Å². The molecule has 0 saturated carbocycles. The first-order valence-corrected chi connectivity index (χ1v) is 6.16. The van der Waals surface area contributed by atoms with Crippen molar-refractivity contribution < 1.29 is 4.79 Å². The Bertz CT molecular complexity index is 379. The Morgan fingerprint density at radius 1 is 1.56 bits per heavy atom. The maximum Gasteiger partial charge on any atom is 0.241 e. The van der Waals surface area contributed by atoms with Gasteiger partial charge in [-0.05, 0) is 37.1 Å². The minimum atomic E-state index is -0.422. The van der Waals surface area contributed by atoms with E-state index in [1.165, 1.54) is 0 Å². The van der Waals surface area contributed by atoms with E-state index in [0.29, 0.717) is 6.42 Å². The first-order chi connectivity index (χ1) is 7.54. The molecule has 1 rings (SSSR count). The van der Waals surface area contributed by atoms with Gasteiger partial charge in [-0.3, -0.25) is 4.79 Å². The molecule has 1 aromatic rings. The van der Waals surface area contributed by atoms with Crippen LogP contribution in [0.2, 0.25) is 0 Å². The van der Waals surface area contributed by atoms with Crippen molar-refractivity contribution in [3.63, 3.8) is 0 Å². The van der Waals surface area contributed by atoms with Crippen molar-refractivity contribution in [1.82, 2.24) is 0 Å². The normalized spacial score (nSPS) is 12.2. The Morgan fingerprint density at radius 2 is 2.25 bits per heavy atom. The Balaban J connectivity index is 2.66. The lowest BCUT2D eigenvalue weighted by atomic mass is 10.1. The molecule has 1 aromatic carbocycles. The number of hydrogen-bond acceptors (Lipinski definition) is 2. The van der Waals surface area contributed by atoms with Gasteiger partial charge in [-0.25, -0.2) is 0 Å². The van der Waals surface area contributed by atoms with Crippen molar-refractivity contribution in [1.29, 1.82) is 0 Å². The van der Waals surface area contributed by atoms with Crippen LogP contribution in [0.25, 0.3) is 0 Å². The van der Waals surface area contributed by atoms with Crippen molar-refractivity contribution in [2.45, 2.75) is 32.7 Å². The molecule has 0 aliphatic rings. The highest BCUT2D eigenvalue weighted by molar-refractivity contribution is 9.10. The number of halogens is 1. The largest absolute Gasteiger partial charge is 0.325 e. The SMILES string of the molecule is CCCC(N)C(=O)Nc1ccc(Br)c(C)c1. The molecule has 0 spiro atoms. The lowest BCUT2D eigenvalue weighted by Gasteiger charge is -2.11. The number of nitrogens with one attached hydrogen (secondary N) is 1. The van der Waals surface area contributed by atoms with Crippen LogP contribution in [0.5, 0.6) is 0 Å². The molecule has 3 nitrogen and oxygen atoms in total. The van der Waals surface area contributed by atoms with Crippen molar-refractivity contribution in [2.24, 2.45) is 5.73 Å². The summed E-state index contributed by atoms with van der Waals surface area (Å²) >= 11 is 3.41. The summed E-state index contributed by atoms with van der Waals surface area (Å²) in [6.45, 7) is 3.99. The second kappa shape index (κ2) is 6.01. The van der Waals surface area contributed by atoms with Crippen LogP contribution in [0.3, 0.4) is 0 Å². The minimum Gasteiger partial charge on any atom is -0.325 e. The van der Waals surface area contributed by atoms with Crippen LogP contribution in [0, 0.1) is 6.92 Å². The van der Waals surface area contributed by atoms with Gasteiger partial charge in [0.2, 0.25) is 5.91 Å². The van der Waals surface area contributed by atoms with Crippen LogP contribution in [0.15, 0.2) is 22.7 Å². The number of hydrogen-bond donors (Lipinski definition) is 2. The molecule has 0 saturated heterocycles. The van der Waals surface area contributed by atoms with Gasteiger partial charge in [-0.1, -0.05) is 29.3 Å². The summed E-state index contributed by atoms with van der Waals surface area (Å²) in [6, 6.07) is 5.26. The molecule has 0 bridgehead atoms. The quantitative estimate of drug-likeness (QED) is 0.893. The third-order valence-corrected chi connectivity index (χ3v) is 3.25. The smallest absolute Gasteiger partial charge is 0.241 e. The summed E-state index contributed by atoms with van der Waals surface area (Å²) in [7, 11) is 0. The minimum absolute atomic E-state index is 0.122. The van der Waals surface area contributed by atoms with Gasteiger partial charge in [-0.15, -0.1) is 0 Å². The zero-order chi connectivity index (χ0) is 12.1. The van der Waals surface area contributed by atoms with Crippen molar-refractivity contribution in [2.75, 3.05) is 5.32 Å². The Kier molecular flexibility index (Phi) is 4.96. The molecule has 4 heteroatoms. The summed E-state index contributed by atoms with van der Waals surface area (Å²) < 4.78 is 1.03. The summed E-state index contributed by atoms with van der Waals surface area (Å²) in [5, 5.41) is 2.81. The molecule has 0 aliphatic carbocycles.